The van der Waals surface area contributed by atoms with Gasteiger partial charge in [0.1, 0.15) is 5.75 Å². The molecule has 0 aliphatic rings. The van der Waals surface area contributed by atoms with Crippen molar-refractivity contribution in [3.05, 3.63) is 41.1 Å². The molecule has 66 valence electrons. The first kappa shape index (κ1) is 8.31. The molecular formula is C9H7BrN2O. The molecular weight excluding hydrogens is 232 g/mol. The minimum atomic E-state index is 0.710. The van der Waals surface area contributed by atoms with E-state index >= 15 is 0 Å². The summed E-state index contributed by atoms with van der Waals surface area (Å²) in [5.74, 6) is 1.51. The number of hydrogen-bond acceptors (Lipinski definition) is 2. The van der Waals surface area contributed by atoms with Crippen LogP contribution < -0.4 is 4.74 Å². The molecule has 0 amide bonds. The number of ether oxygens (including phenoxy) is 1. The zero-order valence-electron chi connectivity index (χ0n) is 6.70. The number of halogens is 1. The molecule has 13 heavy (non-hydrogen) atoms. The third-order valence-electron chi connectivity index (χ3n) is 1.52. The van der Waals surface area contributed by atoms with E-state index < -0.39 is 0 Å². The Kier molecular flexibility index (Phi) is 2.31. The maximum Gasteiger partial charge on any atom is 0.165 e. The van der Waals surface area contributed by atoms with Gasteiger partial charge in [0.05, 0.1) is 12.4 Å². The predicted octanol–water partition coefficient (Wildman–Crippen LogP) is 2.96. The SMILES string of the molecule is Brc1ccc(Oc2cn[nH]c2)cc1. The van der Waals surface area contributed by atoms with Crippen LogP contribution in [-0.2, 0) is 0 Å². The summed E-state index contributed by atoms with van der Waals surface area (Å²) < 4.78 is 6.49. The number of benzene rings is 1. The summed E-state index contributed by atoms with van der Waals surface area (Å²) in [6.45, 7) is 0. The molecule has 0 bridgehead atoms. The van der Waals surface area contributed by atoms with E-state index in [9.17, 15) is 0 Å². The molecule has 1 aromatic heterocycles. The van der Waals surface area contributed by atoms with Crippen LogP contribution in [0.25, 0.3) is 0 Å². The standard InChI is InChI=1S/C9H7BrN2O/c10-7-1-3-8(4-2-7)13-9-5-11-12-6-9/h1-6H,(H,11,12). The Morgan fingerprint density at radius 2 is 1.92 bits per heavy atom. The molecule has 0 atom stereocenters. The average molecular weight is 239 g/mol. The van der Waals surface area contributed by atoms with Crippen LogP contribution in [0.3, 0.4) is 0 Å². The van der Waals surface area contributed by atoms with E-state index in [-0.39, 0.29) is 0 Å². The van der Waals surface area contributed by atoms with Gasteiger partial charge in [-0.2, -0.15) is 5.10 Å². The summed E-state index contributed by atoms with van der Waals surface area (Å²) in [4.78, 5) is 0. The molecule has 2 aromatic rings. The van der Waals surface area contributed by atoms with E-state index in [0.29, 0.717) is 5.75 Å². The van der Waals surface area contributed by atoms with Crippen molar-refractivity contribution in [2.24, 2.45) is 0 Å². The molecule has 1 N–H and O–H groups in total. The smallest absolute Gasteiger partial charge is 0.165 e. The van der Waals surface area contributed by atoms with Gasteiger partial charge in [-0.3, -0.25) is 5.10 Å². The van der Waals surface area contributed by atoms with Gasteiger partial charge in [0.25, 0.3) is 0 Å². The number of H-pyrrole nitrogens is 1. The third kappa shape index (κ3) is 2.09. The second kappa shape index (κ2) is 3.62. The number of hydrogen-bond donors (Lipinski definition) is 1. The van der Waals surface area contributed by atoms with Crippen LogP contribution in [0.4, 0.5) is 0 Å². The van der Waals surface area contributed by atoms with Gasteiger partial charge in [-0.1, -0.05) is 15.9 Å². The highest BCUT2D eigenvalue weighted by Crippen LogP contribution is 2.21. The van der Waals surface area contributed by atoms with Crippen molar-refractivity contribution in [3.63, 3.8) is 0 Å². The zero-order valence-corrected chi connectivity index (χ0v) is 8.28. The van der Waals surface area contributed by atoms with Crippen LogP contribution in [-0.4, -0.2) is 10.2 Å². The Labute approximate surface area is 83.9 Å². The lowest BCUT2D eigenvalue weighted by molar-refractivity contribution is 0.483. The van der Waals surface area contributed by atoms with Crippen molar-refractivity contribution < 1.29 is 4.74 Å². The fourth-order valence-corrected chi connectivity index (χ4v) is 1.20. The highest BCUT2D eigenvalue weighted by molar-refractivity contribution is 9.10. The second-order valence-corrected chi connectivity index (χ2v) is 3.41. The van der Waals surface area contributed by atoms with Crippen molar-refractivity contribution in [2.75, 3.05) is 0 Å². The lowest BCUT2D eigenvalue weighted by atomic mass is 10.3. The minimum absolute atomic E-state index is 0.710. The van der Waals surface area contributed by atoms with Crippen LogP contribution >= 0.6 is 15.9 Å². The van der Waals surface area contributed by atoms with E-state index in [1.54, 1.807) is 12.4 Å². The Morgan fingerprint density at radius 3 is 2.54 bits per heavy atom. The molecule has 0 spiro atoms. The molecule has 1 heterocycles. The molecule has 0 aliphatic carbocycles. The number of aromatic nitrogens is 2. The molecule has 0 unspecified atom stereocenters. The Morgan fingerprint density at radius 1 is 1.15 bits per heavy atom. The summed E-state index contributed by atoms with van der Waals surface area (Å²) in [7, 11) is 0. The zero-order chi connectivity index (χ0) is 9.10. The normalized spacial score (nSPS) is 9.92. The van der Waals surface area contributed by atoms with Gasteiger partial charge in [-0.15, -0.1) is 0 Å². The van der Waals surface area contributed by atoms with Gasteiger partial charge in [-0.25, -0.2) is 0 Å². The molecule has 0 radical (unpaired) electrons. The van der Waals surface area contributed by atoms with Gasteiger partial charge in [0, 0.05) is 4.47 Å². The molecule has 3 nitrogen and oxygen atoms in total. The third-order valence-corrected chi connectivity index (χ3v) is 2.05. The molecule has 1 aromatic carbocycles. The summed E-state index contributed by atoms with van der Waals surface area (Å²) in [5.41, 5.74) is 0. The number of nitrogens with one attached hydrogen (secondary N) is 1. The average Bonchev–Trinajstić information content (AvgIpc) is 2.62. The maximum atomic E-state index is 5.46. The van der Waals surface area contributed by atoms with Crippen molar-refractivity contribution in [1.29, 1.82) is 0 Å². The monoisotopic (exact) mass is 238 g/mol. The van der Waals surface area contributed by atoms with Gasteiger partial charge < -0.3 is 4.74 Å². The van der Waals surface area contributed by atoms with E-state index in [2.05, 4.69) is 26.1 Å². The number of nitrogens with zero attached hydrogens (tertiary/aromatic N) is 1. The molecule has 0 saturated heterocycles. The Balaban J connectivity index is 2.15. The maximum absolute atomic E-state index is 5.46. The summed E-state index contributed by atoms with van der Waals surface area (Å²) >= 11 is 3.35. The van der Waals surface area contributed by atoms with Crippen molar-refractivity contribution >= 4 is 15.9 Å². The van der Waals surface area contributed by atoms with Crippen LogP contribution in [0.15, 0.2) is 41.1 Å². The van der Waals surface area contributed by atoms with Crippen molar-refractivity contribution in [2.45, 2.75) is 0 Å². The predicted molar refractivity (Wildman–Crippen MR) is 52.8 cm³/mol. The largest absolute Gasteiger partial charge is 0.454 e. The number of aromatic amines is 1. The van der Waals surface area contributed by atoms with E-state index in [1.807, 2.05) is 24.3 Å². The van der Waals surface area contributed by atoms with E-state index in [0.717, 1.165) is 10.2 Å². The highest BCUT2D eigenvalue weighted by atomic mass is 79.9. The van der Waals surface area contributed by atoms with Gasteiger partial charge in [0.15, 0.2) is 5.75 Å². The lowest BCUT2D eigenvalue weighted by Crippen LogP contribution is -1.80. The minimum Gasteiger partial charge on any atom is -0.454 e. The quantitative estimate of drug-likeness (QED) is 0.874. The van der Waals surface area contributed by atoms with E-state index in [1.165, 1.54) is 0 Å². The lowest BCUT2D eigenvalue weighted by Gasteiger charge is -2.01. The molecule has 2 rings (SSSR count). The van der Waals surface area contributed by atoms with E-state index in [4.69, 9.17) is 4.74 Å². The molecule has 0 fully saturated rings. The van der Waals surface area contributed by atoms with Crippen LogP contribution in [0.2, 0.25) is 0 Å². The highest BCUT2D eigenvalue weighted by Gasteiger charge is 1.96. The fourth-order valence-electron chi connectivity index (χ4n) is 0.934. The Hall–Kier alpha value is -1.29. The van der Waals surface area contributed by atoms with Crippen LogP contribution in [0.5, 0.6) is 11.5 Å². The topological polar surface area (TPSA) is 37.9 Å². The first-order valence-corrected chi connectivity index (χ1v) is 4.56. The molecule has 4 heteroatoms. The van der Waals surface area contributed by atoms with Gasteiger partial charge in [0.2, 0.25) is 0 Å². The van der Waals surface area contributed by atoms with Crippen LogP contribution in [0, 0.1) is 0 Å². The van der Waals surface area contributed by atoms with Gasteiger partial charge >= 0.3 is 0 Å². The summed E-state index contributed by atoms with van der Waals surface area (Å²) in [5, 5.41) is 6.45. The first-order valence-electron chi connectivity index (χ1n) is 3.77. The molecule has 0 saturated carbocycles. The Bertz CT molecular complexity index is 369. The van der Waals surface area contributed by atoms with Crippen molar-refractivity contribution in [3.8, 4) is 11.5 Å². The molecule has 0 aliphatic heterocycles. The summed E-state index contributed by atoms with van der Waals surface area (Å²) in [6.07, 6.45) is 3.32. The summed E-state index contributed by atoms with van der Waals surface area (Å²) in [6, 6.07) is 7.62. The second-order valence-electron chi connectivity index (χ2n) is 2.49. The van der Waals surface area contributed by atoms with Crippen molar-refractivity contribution in [1.82, 2.24) is 10.2 Å². The first-order chi connectivity index (χ1) is 6.34. The number of rotatable bonds is 2. The van der Waals surface area contributed by atoms with Crippen LogP contribution in [0.1, 0.15) is 0 Å². The van der Waals surface area contributed by atoms with Gasteiger partial charge in [-0.05, 0) is 24.3 Å². The fraction of sp³-hybridized carbons (Fsp3) is 0.